The summed E-state index contributed by atoms with van der Waals surface area (Å²) in [6, 6.07) is 9.50. The highest BCUT2D eigenvalue weighted by Gasteiger charge is 2.33. The molecule has 28 heavy (non-hydrogen) atoms. The maximum atomic E-state index is 12.8. The van der Waals surface area contributed by atoms with Crippen LogP contribution in [0.2, 0.25) is 5.02 Å². The topological polar surface area (TPSA) is 79.6 Å². The molecule has 4 rings (SSSR count). The molecule has 1 saturated heterocycles. The third kappa shape index (κ3) is 3.49. The van der Waals surface area contributed by atoms with E-state index in [2.05, 4.69) is 15.4 Å². The van der Waals surface area contributed by atoms with Crippen LogP contribution < -0.4 is 15.8 Å². The fourth-order valence-corrected chi connectivity index (χ4v) is 4.62. The number of anilines is 1. The van der Waals surface area contributed by atoms with E-state index in [0.29, 0.717) is 35.3 Å². The van der Waals surface area contributed by atoms with Crippen LogP contribution in [0, 0.1) is 0 Å². The van der Waals surface area contributed by atoms with Crippen LogP contribution in [-0.2, 0) is 17.8 Å². The number of benzene rings is 1. The van der Waals surface area contributed by atoms with Gasteiger partial charge in [0.15, 0.2) is 0 Å². The minimum atomic E-state index is -0.365. The van der Waals surface area contributed by atoms with Crippen molar-refractivity contribution in [2.75, 3.05) is 11.4 Å². The molecule has 1 aliphatic heterocycles. The van der Waals surface area contributed by atoms with E-state index >= 15 is 0 Å². The maximum absolute atomic E-state index is 12.8. The highest BCUT2D eigenvalue weighted by molar-refractivity contribution is 7.20. The molecule has 0 bridgehead atoms. The molecule has 0 saturated carbocycles. The summed E-state index contributed by atoms with van der Waals surface area (Å²) in [4.78, 5) is 32.1. The standard InChI is InChI=1S/C19H20ClN5O2S/c1-2-13-15(20)17(27)25-18(22-13)28-19(23-25)24-10-6-9-14(24)16(26)21-11-12-7-4-3-5-8-12/h3-5,7-8,14H,2,6,9-11H2,1H3,(H,21,26). The lowest BCUT2D eigenvalue weighted by molar-refractivity contribution is -0.122. The predicted octanol–water partition coefficient (Wildman–Crippen LogP) is 2.65. The average molecular weight is 418 g/mol. The smallest absolute Gasteiger partial charge is 0.294 e. The third-order valence-corrected chi connectivity index (χ3v) is 6.18. The number of halogens is 1. The minimum Gasteiger partial charge on any atom is -0.350 e. The number of rotatable bonds is 5. The van der Waals surface area contributed by atoms with Gasteiger partial charge in [-0.1, -0.05) is 60.2 Å². The summed E-state index contributed by atoms with van der Waals surface area (Å²) in [5.74, 6) is -0.0341. The molecule has 2 aromatic heterocycles. The number of nitrogens with zero attached hydrogens (tertiary/aromatic N) is 4. The fourth-order valence-electron chi connectivity index (χ4n) is 3.38. The van der Waals surface area contributed by atoms with Crippen LogP contribution in [-0.4, -0.2) is 33.1 Å². The van der Waals surface area contributed by atoms with Crippen molar-refractivity contribution in [1.29, 1.82) is 0 Å². The van der Waals surface area contributed by atoms with Crippen LogP contribution in [0.4, 0.5) is 5.13 Å². The molecule has 1 atom stereocenters. The Labute approximate surface area is 171 Å². The summed E-state index contributed by atoms with van der Waals surface area (Å²) < 4.78 is 1.23. The van der Waals surface area contributed by atoms with Gasteiger partial charge in [0.25, 0.3) is 5.56 Å². The second-order valence-corrected chi connectivity index (χ2v) is 7.98. The van der Waals surface area contributed by atoms with Crippen LogP contribution in [0.5, 0.6) is 0 Å². The van der Waals surface area contributed by atoms with Crippen molar-refractivity contribution < 1.29 is 4.79 Å². The largest absolute Gasteiger partial charge is 0.350 e. The number of aromatic nitrogens is 3. The van der Waals surface area contributed by atoms with Gasteiger partial charge in [0.05, 0.1) is 5.69 Å². The zero-order chi connectivity index (χ0) is 19.7. The molecule has 1 unspecified atom stereocenters. The van der Waals surface area contributed by atoms with E-state index in [1.807, 2.05) is 42.2 Å². The quantitative estimate of drug-likeness (QED) is 0.690. The van der Waals surface area contributed by atoms with Gasteiger partial charge in [0.2, 0.25) is 16.0 Å². The SMILES string of the molecule is CCc1nc2sc(N3CCCC3C(=O)NCc3ccccc3)nn2c(=O)c1Cl. The average Bonchev–Trinajstić information content (AvgIpc) is 3.36. The second kappa shape index (κ2) is 7.89. The van der Waals surface area contributed by atoms with Crippen LogP contribution in [0.25, 0.3) is 4.96 Å². The van der Waals surface area contributed by atoms with Crippen LogP contribution in [0.3, 0.4) is 0 Å². The Morgan fingerprint density at radius 3 is 2.89 bits per heavy atom. The first-order valence-electron chi connectivity index (χ1n) is 9.25. The number of fused-ring (bicyclic) bond motifs is 1. The summed E-state index contributed by atoms with van der Waals surface area (Å²) >= 11 is 7.42. The zero-order valence-electron chi connectivity index (χ0n) is 15.4. The lowest BCUT2D eigenvalue weighted by Crippen LogP contribution is -2.43. The first-order valence-corrected chi connectivity index (χ1v) is 10.4. The number of aryl methyl sites for hydroxylation is 1. The first-order chi connectivity index (χ1) is 13.6. The van der Waals surface area contributed by atoms with E-state index in [9.17, 15) is 9.59 Å². The molecule has 1 aliphatic rings. The number of carbonyl (C=O) groups is 1. The lowest BCUT2D eigenvalue weighted by atomic mass is 10.2. The molecule has 3 aromatic rings. The Kier molecular flexibility index (Phi) is 5.32. The predicted molar refractivity (Wildman–Crippen MR) is 110 cm³/mol. The molecule has 1 fully saturated rings. The summed E-state index contributed by atoms with van der Waals surface area (Å²) in [7, 11) is 0. The second-order valence-electron chi connectivity index (χ2n) is 6.67. The van der Waals surface area contributed by atoms with Crippen LogP contribution in [0.15, 0.2) is 35.1 Å². The van der Waals surface area contributed by atoms with Crippen LogP contribution >= 0.6 is 22.9 Å². The van der Waals surface area contributed by atoms with Gasteiger partial charge >= 0.3 is 0 Å². The molecule has 0 spiro atoms. The van der Waals surface area contributed by atoms with E-state index in [-0.39, 0.29) is 22.5 Å². The van der Waals surface area contributed by atoms with Crippen LogP contribution in [0.1, 0.15) is 31.0 Å². The Hall–Kier alpha value is -2.45. The molecular weight excluding hydrogens is 398 g/mol. The molecule has 7 nitrogen and oxygen atoms in total. The van der Waals surface area contributed by atoms with Crippen molar-refractivity contribution in [2.45, 2.75) is 38.8 Å². The summed E-state index contributed by atoms with van der Waals surface area (Å²) in [6.45, 7) is 3.10. The Morgan fingerprint density at radius 1 is 1.36 bits per heavy atom. The minimum absolute atomic E-state index is 0.0341. The molecule has 146 valence electrons. The fraction of sp³-hybridized carbons (Fsp3) is 0.368. The van der Waals surface area contributed by atoms with Crippen molar-refractivity contribution in [1.82, 2.24) is 19.9 Å². The maximum Gasteiger partial charge on any atom is 0.294 e. The van der Waals surface area contributed by atoms with E-state index in [4.69, 9.17) is 11.6 Å². The highest BCUT2D eigenvalue weighted by atomic mass is 35.5. The number of hydrogen-bond acceptors (Lipinski definition) is 6. The first kappa shape index (κ1) is 18.9. The molecule has 1 aromatic carbocycles. The van der Waals surface area contributed by atoms with Gasteiger partial charge in [0, 0.05) is 13.1 Å². The summed E-state index contributed by atoms with van der Waals surface area (Å²) in [5.41, 5.74) is 1.26. The zero-order valence-corrected chi connectivity index (χ0v) is 17.0. The van der Waals surface area contributed by atoms with Crippen molar-refractivity contribution in [3.63, 3.8) is 0 Å². The monoisotopic (exact) mass is 417 g/mol. The Morgan fingerprint density at radius 2 is 2.14 bits per heavy atom. The molecule has 1 N–H and O–H groups in total. The van der Waals surface area contributed by atoms with Gasteiger partial charge in [-0.05, 0) is 24.8 Å². The Bertz CT molecular complexity index is 1070. The number of hydrogen-bond donors (Lipinski definition) is 1. The number of nitrogens with one attached hydrogen (secondary N) is 1. The van der Waals surface area contributed by atoms with Gasteiger partial charge < -0.3 is 10.2 Å². The van der Waals surface area contributed by atoms with Crippen molar-refractivity contribution >= 4 is 38.9 Å². The van der Waals surface area contributed by atoms with Gasteiger partial charge in [-0.2, -0.15) is 4.52 Å². The van der Waals surface area contributed by atoms with Gasteiger partial charge in [-0.3, -0.25) is 9.59 Å². The van der Waals surface area contributed by atoms with Gasteiger partial charge in [-0.25, -0.2) is 4.98 Å². The summed E-state index contributed by atoms with van der Waals surface area (Å²) in [5, 5.41) is 8.13. The van der Waals surface area contributed by atoms with E-state index < -0.39 is 0 Å². The summed E-state index contributed by atoms with van der Waals surface area (Å²) in [6.07, 6.45) is 2.22. The number of amides is 1. The molecule has 3 heterocycles. The third-order valence-electron chi connectivity index (χ3n) is 4.86. The lowest BCUT2D eigenvalue weighted by Gasteiger charge is -2.22. The molecule has 9 heteroatoms. The van der Waals surface area contributed by atoms with Crippen molar-refractivity contribution in [2.24, 2.45) is 0 Å². The van der Waals surface area contributed by atoms with E-state index in [1.165, 1.54) is 15.9 Å². The number of carbonyl (C=O) groups excluding carboxylic acids is 1. The molecule has 0 aliphatic carbocycles. The highest BCUT2D eigenvalue weighted by Crippen LogP contribution is 2.29. The molecule has 1 amide bonds. The van der Waals surface area contributed by atoms with E-state index in [1.54, 1.807) is 0 Å². The normalized spacial score (nSPS) is 16.6. The molecular formula is C19H20ClN5O2S. The Balaban J connectivity index is 1.57. The molecule has 0 radical (unpaired) electrons. The van der Waals surface area contributed by atoms with Gasteiger partial charge in [-0.15, -0.1) is 5.10 Å². The van der Waals surface area contributed by atoms with Crippen molar-refractivity contribution in [3.05, 3.63) is 57.0 Å². The van der Waals surface area contributed by atoms with Crippen molar-refractivity contribution in [3.8, 4) is 0 Å². The van der Waals surface area contributed by atoms with Gasteiger partial charge in [0.1, 0.15) is 11.1 Å². The van der Waals surface area contributed by atoms with E-state index in [0.717, 1.165) is 18.4 Å².